The van der Waals surface area contributed by atoms with E-state index < -0.39 is 17.8 Å². The van der Waals surface area contributed by atoms with Crippen LogP contribution in [-0.4, -0.2) is 48.6 Å². The Balaban J connectivity index is 1.52. The molecule has 1 saturated heterocycles. The SMILES string of the molecule is Cc1nc(NC(C)c2cc(N)cc(C(F)(F)F)c2)c2cc3c(cc2n1)OCCO[C@@H]1COC[C@@H]1O3. The Morgan fingerprint density at radius 1 is 1.03 bits per heavy atom. The van der Waals surface area contributed by atoms with Crippen molar-refractivity contribution in [2.24, 2.45) is 0 Å². The number of hydrogen-bond donors (Lipinski definition) is 2. The first-order valence-electron chi connectivity index (χ1n) is 11.2. The molecule has 0 aliphatic carbocycles. The monoisotopic (exact) mass is 490 g/mol. The minimum atomic E-state index is -4.50. The minimum absolute atomic E-state index is 0.0331. The van der Waals surface area contributed by atoms with Crippen LogP contribution in [0.3, 0.4) is 0 Å². The Bertz CT molecular complexity index is 1250. The van der Waals surface area contributed by atoms with Crippen LogP contribution in [0.5, 0.6) is 11.5 Å². The molecule has 0 spiro atoms. The number of aromatic nitrogens is 2. The zero-order chi connectivity index (χ0) is 24.7. The molecule has 1 unspecified atom stereocenters. The Hall–Kier alpha value is -3.31. The van der Waals surface area contributed by atoms with Gasteiger partial charge in [0.25, 0.3) is 0 Å². The van der Waals surface area contributed by atoms with Gasteiger partial charge in [0.1, 0.15) is 24.4 Å². The fourth-order valence-corrected chi connectivity index (χ4v) is 4.24. The molecule has 11 heteroatoms. The van der Waals surface area contributed by atoms with Gasteiger partial charge in [0.2, 0.25) is 0 Å². The van der Waals surface area contributed by atoms with Gasteiger partial charge in [0.05, 0.1) is 36.9 Å². The number of benzene rings is 2. The highest BCUT2D eigenvalue weighted by atomic mass is 19.4. The summed E-state index contributed by atoms with van der Waals surface area (Å²) in [5, 5.41) is 3.86. The molecule has 3 atom stereocenters. The molecule has 0 saturated carbocycles. The number of nitrogen functional groups attached to an aromatic ring is 1. The summed E-state index contributed by atoms with van der Waals surface area (Å²) < 4.78 is 63.3. The summed E-state index contributed by atoms with van der Waals surface area (Å²) in [5.74, 6) is 1.97. The lowest BCUT2D eigenvalue weighted by atomic mass is 10.0. The van der Waals surface area contributed by atoms with Gasteiger partial charge in [-0.3, -0.25) is 0 Å². The molecule has 35 heavy (non-hydrogen) atoms. The number of ether oxygens (including phenoxy) is 4. The highest BCUT2D eigenvalue weighted by Gasteiger charge is 2.33. The van der Waals surface area contributed by atoms with Crippen LogP contribution in [0.1, 0.15) is 29.9 Å². The van der Waals surface area contributed by atoms with E-state index in [1.54, 1.807) is 26.0 Å². The minimum Gasteiger partial charge on any atom is -0.487 e. The predicted molar refractivity (Wildman–Crippen MR) is 123 cm³/mol. The molecule has 3 heterocycles. The van der Waals surface area contributed by atoms with Gasteiger partial charge in [0, 0.05) is 17.1 Å². The van der Waals surface area contributed by atoms with Crippen LogP contribution < -0.4 is 20.5 Å². The predicted octanol–water partition coefficient (Wildman–Crippen LogP) is 4.27. The van der Waals surface area contributed by atoms with Crippen LogP contribution in [0.4, 0.5) is 24.7 Å². The normalized spacial score (nSPS) is 21.1. The third-order valence-electron chi connectivity index (χ3n) is 5.96. The van der Waals surface area contributed by atoms with E-state index in [4.69, 9.17) is 24.7 Å². The van der Waals surface area contributed by atoms with Gasteiger partial charge >= 0.3 is 6.18 Å². The second-order valence-electron chi connectivity index (χ2n) is 8.64. The van der Waals surface area contributed by atoms with E-state index in [0.717, 1.165) is 12.1 Å². The third-order valence-corrected chi connectivity index (χ3v) is 5.96. The van der Waals surface area contributed by atoms with E-state index in [9.17, 15) is 13.2 Å². The smallest absolute Gasteiger partial charge is 0.416 e. The Morgan fingerprint density at radius 3 is 2.63 bits per heavy atom. The molecule has 5 rings (SSSR count). The molecule has 3 N–H and O–H groups in total. The van der Waals surface area contributed by atoms with Crippen LogP contribution in [0.15, 0.2) is 30.3 Å². The molecule has 1 fully saturated rings. The van der Waals surface area contributed by atoms with Crippen molar-refractivity contribution >= 4 is 22.4 Å². The van der Waals surface area contributed by atoms with Crippen LogP contribution in [0.2, 0.25) is 0 Å². The molecule has 0 bridgehead atoms. The van der Waals surface area contributed by atoms with E-state index in [-0.39, 0.29) is 17.9 Å². The summed E-state index contributed by atoms with van der Waals surface area (Å²) in [6.07, 6.45) is -4.99. The molecule has 2 aliphatic heterocycles. The van der Waals surface area contributed by atoms with Gasteiger partial charge in [-0.05, 0) is 43.7 Å². The van der Waals surface area contributed by atoms with Gasteiger partial charge in [0.15, 0.2) is 17.6 Å². The zero-order valence-electron chi connectivity index (χ0n) is 19.2. The second kappa shape index (κ2) is 9.04. The molecular formula is C24H25F3N4O4. The fraction of sp³-hybridized carbons (Fsp3) is 0.417. The van der Waals surface area contributed by atoms with Crippen molar-refractivity contribution in [1.82, 2.24) is 9.97 Å². The molecule has 3 aromatic rings. The number of rotatable bonds is 3. The summed E-state index contributed by atoms with van der Waals surface area (Å²) in [6.45, 7) is 5.07. The second-order valence-corrected chi connectivity index (χ2v) is 8.64. The van der Waals surface area contributed by atoms with Crippen molar-refractivity contribution in [3.05, 3.63) is 47.3 Å². The maximum Gasteiger partial charge on any atom is 0.416 e. The number of halogens is 3. The highest BCUT2D eigenvalue weighted by Crippen LogP contribution is 2.38. The molecule has 0 amide bonds. The number of hydrogen-bond acceptors (Lipinski definition) is 8. The topological polar surface area (TPSA) is 101 Å². The quantitative estimate of drug-likeness (QED) is 0.525. The molecule has 2 aliphatic rings. The van der Waals surface area contributed by atoms with Crippen molar-refractivity contribution in [1.29, 1.82) is 0 Å². The molecule has 1 aromatic heterocycles. The van der Waals surface area contributed by atoms with E-state index in [1.165, 1.54) is 6.07 Å². The van der Waals surface area contributed by atoms with Gasteiger partial charge in [-0.2, -0.15) is 13.2 Å². The van der Waals surface area contributed by atoms with Gasteiger partial charge in [-0.25, -0.2) is 9.97 Å². The average Bonchev–Trinajstić information content (AvgIpc) is 3.24. The number of nitrogens with two attached hydrogens (primary N) is 1. The van der Waals surface area contributed by atoms with Crippen molar-refractivity contribution in [2.75, 3.05) is 37.5 Å². The molecule has 0 radical (unpaired) electrons. The van der Waals surface area contributed by atoms with Crippen LogP contribution in [0.25, 0.3) is 10.9 Å². The Kier molecular flexibility index (Phi) is 6.06. The van der Waals surface area contributed by atoms with Crippen molar-refractivity contribution in [3.63, 3.8) is 0 Å². The van der Waals surface area contributed by atoms with Gasteiger partial charge < -0.3 is 30.0 Å². The van der Waals surface area contributed by atoms with Gasteiger partial charge in [-0.15, -0.1) is 0 Å². The number of anilines is 2. The van der Waals surface area contributed by atoms with Crippen LogP contribution in [0, 0.1) is 6.92 Å². The van der Waals surface area contributed by atoms with Crippen molar-refractivity contribution < 1.29 is 32.1 Å². The summed E-state index contributed by atoms with van der Waals surface area (Å²) in [6, 6.07) is 6.54. The summed E-state index contributed by atoms with van der Waals surface area (Å²) >= 11 is 0. The third kappa shape index (κ3) is 4.92. The molecule has 8 nitrogen and oxygen atoms in total. The first kappa shape index (κ1) is 23.4. The highest BCUT2D eigenvalue weighted by molar-refractivity contribution is 5.92. The lowest BCUT2D eigenvalue weighted by molar-refractivity contribution is -0.137. The van der Waals surface area contributed by atoms with Crippen molar-refractivity contribution in [2.45, 2.75) is 38.3 Å². The number of aryl methyl sites for hydroxylation is 1. The van der Waals surface area contributed by atoms with Crippen molar-refractivity contribution in [3.8, 4) is 11.5 Å². The van der Waals surface area contributed by atoms with E-state index in [0.29, 0.717) is 66.0 Å². The fourth-order valence-electron chi connectivity index (χ4n) is 4.24. The average molecular weight is 490 g/mol. The van der Waals surface area contributed by atoms with E-state index in [2.05, 4.69) is 15.3 Å². The first-order chi connectivity index (χ1) is 16.7. The number of alkyl halides is 3. The van der Waals surface area contributed by atoms with Gasteiger partial charge in [-0.1, -0.05) is 0 Å². The summed E-state index contributed by atoms with van der Waals surface area (Å²) in [4.78, 5) is 9.03. The summed E-state index contributed by atoms with van der Waals surface area (Å²) in [5.41, 5.74) is 5.98. The lowest BCUT2D eigenvalue weighted by Gasteiger charge is -2.21. The summed E-state index contributed by atoms with van der Waals surface area (Å²) in [7, 11) is 0. The zero-order valence-corrected chi connectivity index (χ0v) is 19.2. The molecule has 2 aromatic carbocycles. The number of nitrogens with one attached hydrogen (secondary N) is 1. The molecule has 186 valence electrons. The largest absolute Gasteiger partial charge is 0.487 e. The molecular weight excluding hydrogens is 465 g/mol. The Labute approximate surface area is 199 Å². The Morgan fingerprint density at radius 2 is 1.83 bits per heavy atom. The maximum absolute atomic E-state index is 13.3. The lowest BCUT2D eigenvalue weighted by Crippen LogP contribution is -2.32. The number of fused-ring (bicyclic) bond motifs is 3. The van der Waals surface area contributed by atoms with E-state index in [1.807, 2.05) is 0 Å². The van der Waals surface area contributed by atoms with Crippen LogP contribution in [-0.2, 0) is 15.7 Å². The first-order valence-corrected chi connectivity index (χ1v) is 11.2. The number of nitrogens with zero attached hydrogens (tertiary/aromatic N) is 2. The standard InChI is InChI=1S/C24H25F3N4O4/c1-12(14-5-15(24(25,26)27)7-16(28)6-14)29-23-17-8-20-19(9-18(17)30-13(2)31-23)33-3-4-34-21-10-32-11-22(21)35-20/h5-9,12,21-22H,3-4,10-11,28H2,1-2H3,(H,29,30,31)/t12?,21-,22+/m1/s1. The van der Waals surface area contributed by atoms with Crippen LogP contribution >= 0.6 is 0 Å². The maximum atomic E-state index is 13.3. The van der Waals surface area contributed by atoms with E-state index >= 15 is 0 Å².